The Morgan fingerprint density at radius 2 is 2.06 bits per heavy atom. The molecule has 0 fully saturated rings. The van der Waals surface area contributed by atoms with Crippen molar-refractivity contribution in [2.75, 3.05) is 12.3 Å². The fraction of sp³-hybridized carbons (Fsp3) is 0.500. The van der Waals surface area contributed by atoms with Gasteiger partial charge in [-0.05, 0) is 43.8 Å². The molecule has 0 saturated carbocycles. The van der Waals surface area contributed by atoms with Crippen LogP contribution in [-0.2, 0) is 0 Å². The van der Waals surface area contributed by atoms with Gasteiger partial charge in [0.15, 0.2) is 0 Å². The number of nitrogens with zero attached hydrogens (tertiary/aromatic N) is 2. The van der Waals surface area contributed by atoms with Crippen molar-refractivity contribution in [1.29, 1.82) is 0 Å². The molecule has 0 heterocycles. The van der Waals surface area contributed by atoms with E-state index in [1.165, 1.54) is 11.1 Å². The molecule has 1 aromatic carbocycles. The number of aliphatic imine (C=N–C) groups is 1. The van der Waals surface area contributed by atoms with Crippen molar-refractivity contribution in [3.05, 3.63) is 29.3 Å². The molecule has 1 aromatic rings. The van der Waals surface area contributed by atoms with Crippen LogP contribution in [0.4, 0.5) is 5.69 Å². The van der Waals surface area contributed by atoms with Gasteiger partial charge in [0, 0.05) is 12.3 Å². The predicted octanol–water partition coefficient (Wildman–Crippen LogP) is 4.34. The van der Waals surface area contributed by atoms with Crippen molar-refractivity contribution in [2.45, 2.75) is 34.1 Å². The molecule has 17 heavy (non-hydrogen) atoms. The molecule has 0 saturated heterocycles. The standard InChI is InChI=1S/C14H22N2S/c1-5-9-16(17-6-2)11-15-14-8-7-12(3)10-13(14)4/h7-8,10-11H,5-6,9H2,1-4H3. The van der Waals surface area contributed by atoms with Crippen LogP contribution in [0.1, 0.15) is 31.4 Å². The summed E-state index contributed by atoms with van der Waals surface area (Å²) in [6.07, 6.45) is 3.10. The monoisotopic (exact) mass is 250 g/mol. The molecule has 2 nitrogen and oxygen atoms in total. The second-order valence-electron chi connectivity index (χ2n) is 4.09. The summed E-state index contributed by atoms with van der Waals surface area (Å²) in [5.74, 6) is 1.08. The van der Waals surface area contributed by atoms with E-state index in [9.17, 15) is 0 Å². The Labute approximate surface area is 109 Å². The van der Waals surface area contributed by atoms with E-state index >= 15 is 0 Å². The number of aryl methyl sites for hydroxylation is 2. The van der Waals surface area contributed by atoms with Crippen LogP contribution >= 0.6 is 11.9 Å². The van der Waals surface area contributed by atoms with Crippen LogP contribution in [0.15, 0.2) is 23.2 Å². The van der Waals surface area contributed by atoms with Crippen molar-refractivity contribution in [2.24, 2.45) is 4.99 Å². The molecule has 0 atom stereocenters. The molecule has 0 spiro atoms. The predicted molar refractivity (Wildman–Crippen MR) is 79.2 cm³/mol. The maximum Gasteiger partial charge on any atom is 0.101 e. The lowest BCUT2D eigenvalue weighted by molar-refractivity contribution is 0.667. The van der Waals surface area contributed by atoms with Gasteiger partial charge in [0.25, 0.3) is 0 Å². The molecule has 0 aromatic heterocycles. The second kappa shape index (κ2) is 7.38. The van der Waals surface area contributed by atoms with Crippen LogP contribution in [0.2, 0.25) is 0 Å². The van der Waals surface area contributed by atoms with Crippen LogP contribution in [0.5, 0.6) is 0 Å². The number of hydrogen-bond donors (Lipinski definition) is 0. The highest BCUT2D eigenvalue weighted by Crippen LogP contribution is 2.19. The smallest absolute Gasteiger partial charge is 0.101 e. The first kappa shape index (κ1) is 14.1. The Hall–Kier alpha value is -0.960. The molecule has 0 N–H and O–H groups in total. The van der Waals surface area contributed by atoms with E-state index in [0.29, 0.717) is 0 Å². The van der Waals surface area contributed by atoms with E-state index in [-0.39, 0.29) is 0 Å². The molecular formula is C14H22N2S. The van der Waals surface area contributed by atoms with Crippen LogP contribution in [0.3, 0.4) is 0 Å². The summed E-state index contributed by atoms with van der Waals surface area (Å²) in [5, 5.41) is 0. The molecule has 0 unspecified atom stereocenters. The van der Waals surface area contributed by atoms with E-state index < -0.39 is 0 Å². The maximum absolute atomic E-state index is 4.56. The summed E-state index contributed by atoms with van der Waals surface area (Å²) >= 11 is 1.81. The van der Waals surface area contributed by atoms with Crippen molar-refractivity contribution in [3.8, 4) is 0 Å². The third-order valence-corrected chi connectivity index (χ3v) is 3.28. The third-order valence-electron chi connectivity index (χ3n) is 2.42. The fourth-order valence-corrected chi connectivity index (χ4v) is 2.38. The molecular weight excluding hydrogens is 228 g/mol. The van der Waals surface area contributed by atoms with E-state index in [2.05, 4.69) is 55.2 Å². The Kier molecular flexibility index (Phi) is 6.12. The molecule has 94 valence electrons. The first-order valence-corrected chi connectivity index (χ1v) is 7.12. The first-order valence-electron chi connectivity index (χ1n) is 6.18. The number of benzene rings is 1. The molecule has 0 amide bonds. The zero-order chi connectivity index (χ0) is 12.7. The van der Waals surface area contributed by atoms with Crippen molar-refractivity contribution in [1.82, 2.24) is 4.31 Å². The Morgan fingerprint density at radius 1 is 1.29 bits per heavy atom. The highest BCUT2D eigenvalue weighted by atomic mass is 32.2. The average molecular weight is 250 g/mol. The van der Waals surface area contributed by atoms with E-state index in [0.717, 1.165) is 24.4 Å². The lowest BCUT2D eigenvalue weighted by Gasteiger charge is -2.15. The largest absolute Gasteiger partial charge is 0.307 e. The lowest BCUT2D eigenvalue weighted by Crippen LogP contribution is -2.14. The minimum absolute atomic E-state index is 1.05. The summed E-state index contributed by atoms with van der Waals surface area (Å²) in [5.41, 5.74) is 3.59. The van der Waals surface area contributed by atoms with Crippen LogP contribution in [0.25, 0.3) is 0 Å². The van der Waals surface area contributed by atoms with Gasteiger partial charge < -0.3 is 4.31 Å². The van der Waals surface area contributed by atoms with E-state index in [4.69, 9.17) is 0 Å². The molecule has 0 radical (unpaired) electrons. The second-order valence-corrected chi connectivity index (χ2v) is 5.40. The van der Waals surface area contributed by atoms with Crippen molar-refractivity contribution in [3.63, 3.8) is 0 Å². The van der Waals surface area contributed by atoms with Gasteiger partial charge in [-0.1, -0.05) is 31.5 Å². The van der Waals surface area contributed by atoms with Crippen LogP contribution in [0, 0.1) is 13.8 Å². The molecule has 0 aliphatic rings. The zero-order valence-electron chi connectivity index (χ0n) is 11.2. The summed E-state index contributed by atoms with van der Waals surface area (Å²) in [4.78, 5) is 4.56. The minimum atomic E-state index is 1.05. The van der Waals surface area contributed by atoms with Gasteiger partial charge in [0.1, 0.15) is 6.34 Å². The molecule has 0 aliphatic heterocycles. The quantitative estimate of drug-likeness (QED) is 0.424. The summed E-state index contributed by atoms with van der Waals surface area (Å²) in [6, 6.07) is 6.36. The normalized spacial score (nSPS) is 11.1. The van der Waals surface area contributed by atoms with Gasteiger partial charge in [0.2, 0.25) is 0 Å². The highest BCUT2D eigenvalue weighted by molar-refractivity contribution is 7.97. The molecule has 0 bridgehead atoms. The Bertz CT molecular complexity index is 368. The number of hydrogen-bond acceptors (Lipinski definition) is 2. The topological polar surface area (TPSA) is 15.6 Å². The molecule has 0 aliphatic carbocycles. The summed E-state index contributed by atoms with van der Waals surface area (Å²) < 4.78 is 2.21. The van der Waals surface area contributed by atoms with Gasteiger partial charge >= 0.3 is 0 Å². The third kappa shape index (κ3) is 4.82. The molecule has 1 rings (SSSR count). The van der Waals surface area contributed by atoms with Gasteiger partial charge in [-0.3, -0.25) is 0 Å². The van der Waals surface area contributed by atoms with Gasteiger partial charge in [-0.2, -0.15) is 0 Å². The van der Waals surface area contributed by atoms with Crippen molar-refractivity contribution >= 4 is 24.0 Å². The SMILES string of the molecule is CCCN(C=Nc1ccc(C)cc1C)SCC. The summed E-state index contributed by atoms with van der Waals surface area (Å²) in [6.45, 7) is 9.62. The Morgan fingerprint density at radius 3 is 2.65 bits per heavy atom. The first-order chi connectivity index (χ1) is 8.17. The minimum Gasteiger partial charge on any atom is -0.307 e. The Balaban J connectivity index is 2.73. The fourth-order valence-electron chi connectivity index (χ4n) is 1.62. The number of rotatable bonds is 6. The van der Waals surface area contributed by atoms with Gasteiger partial charge in [0.05, 0.1) is 5.69 Å². The van der Waals surface area contributed by atoms with E-state index in [1.807, 2.05) is 18.3 Å². The average Bonchev–Trinajstić information content (AvgIpc) is 2.28. The van der Waals surface area contributed by atoms with E-state index in [1.54, 1.807) is 0 Å². The lowest BCUT2D eigenvalue weighted by atomic mass is 10.1. The van der Waals surface area contributed by atoms with Gasteiger partial charge in [-0.15, -0.1) is 0 Å². The van der Waals surface area contributed by atoms with Crippen molar-refractivity contribution < 1.29 is 0 Å². The highest BCUT2D eigenvalue weighted by Gasteiger charge is 1.99. The van der Waals surface area contributed by atoms with Gasteiger partial charge in [-0.25, -0.2) is 4.99 Å². The summed E-state index contributed by atoms with van der Waals surface area (Å²) in [7, 11) is 0. The maximum atomic E-state index is 4.56. The molecule has 3 heteroatoms. The van der Waals surface area contributed by atoms with Crippen LogP contribution < -0.4 is 0 Å². The zero-order valence-corrected chi connectivity index (χ0v) is 12.0. The van der Waals surface area contributed by atoms with Crippen LogP contribution in [-0.4, -0.2) is 22.9 Å².